The topological polar surface area (TPSA) is 65.5 Å². The predicted molar refractivity (Wildman–Crippen MR) is 58.3 cm³/mol. The highest BCUT2D eigenvalue weighted by atomic mass is 19.4. The van der Waals surface area contributed by atoms with Crippen LogP contribution >= 0.6 is 0 Å². The van der Waals surface area contributed by atoms with Crippen LogP contribution in [0.4, 0.5) is 13.2 Å². The first-order chi connectivity index (χ1) is 8.75. The van der Waals surface area contributed by atoms with Gasteiger partial charge in [-0.25, -0.2) is 5.01 Å². The van der Waals surface area contributed by atoms with E-state index in [2.05, 4.69) is 10.4 Å². The molecule has 102 valence electrons. The van der Waals surface area contributed by atoms with Gasteiger partial charge < -0.3 is 5.11 Å². The highest BCUT2D eigenvalue weighted by Gasteiger charge is 2.61. The number of pyridine rings is 1. The maximum Gasteiger partial charge on any atom is 0.442 e. The number of hydrazine groups is 1. The molecule has 1 aromatic rings. The van der Waals surface area contributed by atoms with Crippen molar-refractivity contribution in [2.75, 3.05) is 0 Å². The Morgan fingerprint density at radius 1 is 1.42 bits per heavy atom. The van der Waals surface area contributed by atoms with E-state index in [0.717, 1.165) is 0 Å². The molecule has 1 atom stereocenters. The number of hydrogen-bond donors (Lipinski definition) is 2. The number of alkyl halides is 3. The quantitative estimate of drug-likeness (QED) is 0.807. The van der Waals surface area contributed by atoms with Crippen molar-refractivity contribution >= 4 is 5.91 Å². The lowest BCUT2D eigenvalue weighted by atomic mass is 10.1. The van der Waals surface area contributed by atoms with E-state index in [9.17, 15) is 23.1 Å². The van der Waals surface area contributed by atoms with Gasteiger partial charge in [0.2, 0.25) is 0 Å². The summed E-state index contributed by atoms with van der Waals surface area (Å²) in [7, 11) is 0. The molecule has 19 heavy (non-hydrogen) atoms. The second kappa shape index (κ2) is 4.23. The van der Waals surface area contributed by atoms with Crippen LogP contribution in [-0.4, -0.2) is 32.9 Å². The summed E-state index contributed by atoms with van der Waals surface area (Å²) in [4.78, 5) is 15.7. The fourth-order valence-corrected chi connectivity index (χ4v) is 1.70. The van der Waals surface area contributed by atoms with Crippen LogP contribution in [0.5, 0.6) is 0 Å². The van der Waals surface area contributed by atoms with Crippen molar-refractivity contribution in [2.45, 2.75) is 18.8 Å². The standard InChI is InChI=1S/C11H10F3N3O2/c1-7-6-10(19,11(12,13)14)17(16-7)9(18)8-2-4-15-5-3-8/h2-6,16,19H,1H3. The van der Waals surface area contributed by atoms with Crippen molar-refractivity contribution < 1.29 is 23.1 Å². The van der Waals surface area contributed by atoms with Gasteiger partial charge in [0.05, 0.1) is 0 Å². The number of carbonyl (C=O) groups is 1. The van der Waals surface area contributed by atoms with Crippen LogP contribution in [0.2, 0.25) is 0 Å². The van der Waals surface area contributed by atoms with Crippen LogP contribution in [0, 0.1) is 0 Å². The molecule has 1 unspecified atom stereocenters. The van der Waals surface area contributed by atoms with Crippen molar-refractivity contribution in [1.29, 1.82) is 0 Å². The summed E-state index contributed by atoms with van der Waals surface area (Å²) in [5.41, 5.74) is -1.15. The van der Waals surface area contributed by atoms with Crippen LogP contribution in [0.1, 0.15) is 17.3 Å². The zero-order chi connectivity index (χ0) is 14.3. The van der Waals surface area contributed by atoms with Gasteiger partial charge in [-0.2, -0.15) is 13.2 Å². The monoisotopic (exact) mass is 273 g/mol. The predicted octanol–water partition coefficient (Wildman–Crippen LogP) is 1.20. The molecule has 2 rings (SSSR count). The second-order valence-electron chi connectivity index (χ2n) is 4.04. The maximum absolute atomic E-state index is 12.9. The molecule has 5 nitrogen and oxygen atoms in total. The van der Waals surface area contributed by atoms with Gasteiger partial charge in [0.25, 0.3) is 11.6 Å². The number of halogens is 3. The molecule has 0 aliphatic carbocycles. The van der Waals surface area contributed by atoms with Crippen LogP contribution in [0.25, 0.3) is 0 Å². The highest BCUT2D eigenvalue weighted by molar-refractivity contribution is 5.94. The molecule has 8 heteroatoms. The summed E-state index contributed by atoms with van der Waals surface area (Å²) in [6.07, 6.45) is -1.92. The highest BCUT2D eigenvalue weighted by Crippen LogP contribution is 2.38. The Bertz CT molecular complexity index is 530. The van der Waals surface area contributed by atoms with E-state index >= 15 is 0 Å². The number of aromatic nitrogens is 1. The van der Waals surface area contributed by atoms with Crippen LogP contribution in [-0.2, 0) is 0 Å². The zero-order valence-electron chi connectivity index (χ0n) is 9.77. The van der Waals surface area contributed by atoms with Gasteiger partial charge in [0, 0.05) is 23.7 Å². The summed E-state index contributed by atoms with van der Waals surface area (Å²) < 4.78 is 38.7. The van der Waals surface area contributed by atoms with Crippen molar-refractivity contribution in [3.05, 3.63) is 41.9 Å². The molecule has 0 spiro atoms. The van der Waals surface area contributed by atoms with Gasteiger partial charge in [0.15, 0.2) is 0 Å². The molecule has 0 bridgehead atoms. The van der Waals surface area contributed by atoms with Crippen LogP contribution in [0.15, 0.2) is 36.3 Å². The average Bonchev–Trinajstić information content (AvgIpc) is 2.65. The largest absolute Gasteiger partial charge is 0.442 e. The molecule has 2 heterocycles. The molecule has 0 saturated carbocycles. The Kier molecular flexibility index (Phi) is 2.97. The number of hydrogen-bond acceptors (Lipinski definition) is 4. The smallest absolute Gasteiger partial charge is 0.359 e. The Hall–Kier alpha value is -2.09. The van der Waals surface area contributed by atoms with Crippen molar-refractivity contribution in [3.8, 4) is 0 Å². The van der Waals surface area contributed by atoms with E-state index in [0.29, 0.717) is 6.08 Å². The van der Waals surface area contributed by atoms with E-state index in [1.807, 2.05) is 0 Å². The molecular formula is C11H10F3N3O2. The zero-order valence-corrected chi connectivity index (χ0v) is 9.77. The Morgan fingerprint density at radius 2 is 2.00 bits per heavy atom. The number of rotatable bonds is 1. The van der Waals surface area contributed by atoms with E-state index in [1.54, 1.807) is 0 Å². The molecule has 0 radical (unpaired) electrons. The Morgan fingerprint density at radius 3 is 2.53 bits per heavy atom. The Balaban J connectivity index is 2.38. The number of amides is 1. The fourth-order valence-electron chi connectivity index (χ4n) is 1.70. The third-order valence-corrected chi connectivity index (χ3v) is 2.59. The summed E-state index contributed by atoms with van der Waals surface area (Å²) >= 11 is 0. The second-order valence-corrected chi connectivity index (χ2v) is 4.04. The summed E-state index contributed by atoms with van der Waals surface area (Å²) in [5, 5.41) is 9.87. The maximum atomic E-state index is 12.9. The summed E-state index contributed by atoms with van der Waals surface area (Å²) in [6, 6.07) is 2.52. The first-order valence-electron chi connectivity index (χ1n) is 5.25. The number of aliphatic hydroxyl groups is 1. The van der Waals surface area contributed by atoms with Crippen LogP contribution < -0.4 is 5.43 Å². The Labute approximate surface area is 106 Å². The van der Waals surface area contributed by atoms with Gasteiger partial charge in [-0.05, 0) is 25.1 Å². The van der Waals surface area contributed by atoms with E-state index in [4.69, 9.17) is 0 Å². The first-order valence-corrected chi connectivity index (χ1v) is 5.25. The van der Waals surface area contributed by atoms with Crippen molar-refractivity contribution in [1.82, 2.24) is 15.4 Å². The van der Waals surface area contributed by atoms with Gasteiger partial charge in [-0.1, -0.05) is 0 Å². The third-order valence-electron chi connectivity index (χ3n) is 2.59. The van der Waals surface area contributed by atoms with Crippen LogP contribution in [0.3, 0.4) is 0 Å². The molecule has 1 amide bonds. The van der Waals surface area contributed by atoms with Gasteiger partial charge in [0.1, 0.15) is 0 Å². The molecule has 1 aliphatic heterocycles. The van der Waals surface area contributed by atoms with E-state index in [1.165, 1.54) is 31.5 Å². The minimum Gasteiger partial charge on any atom is -0.359 e. The van der Waals surface area contributed by atoms with Gasteiger partial charge >= 0.3 is 6.18 Å². The summed E-state index contributed by atoms with van der Waals surface area (Å²) in [6.45, 7) is 1.32. The van der Waals surface area contributed by atoms with Crippen molar-refractivity contribution in [3.63, 3.8) is 0 Å². The third kappa shape index (κ3) is 2.14. The molecule has 0 saturated heterocycles. The number of nitrogens with one attached hydrogen (secondary N) is 1. The first kappa shape index (κ1) is 13.3. The minimum atomic E-state index is -5.01. The normalized spacial score (nSPS) is 23.0. The lowest BCUT2D eigenvalue weighted by Gasteiger charge is -2.33. The molecule has 1 aromatic heterocycles. The van der Waals surface area contributed by atoms with Gasteiger partial charge in [-0.3, -0.25) is 15.2 Å². The number of allylic oxidation sites excluding steroid dienone is 1. The lowest BCUT2D eigenvalue weighted by molar-refractivity contribution is -0.283. The number of nitrogens with zero attached hydrogens (tertiary/aromatic N) is 2. The SMILES string of the molecule is CC1=CC(O)(C(F)(F)F)N(C(=O)c2ccncc2)N1. The molecular weight excluding hydrogens is 263 g/mol. The van der Waals surface area contributed by atoms with E-state index in [-0.39, 0.29) is 16.3 Å². The summed E-state index contributed by atoms with van der Waals surface area (Å²) in [5.74, 6) is -1.00. The fraction of sp³-hybridized carbons (Fsp3) is 0.273. The number of carbonyl (C=O) groups excluding carboxylic acids is 1. The average molecular weight is 273 g/mol. The van der Waals surface area contributed by atoms with Crippen molar-refractivity contribution in [2.24, 2.45) is 0 Å². The minimum absolute atomic E-state index is 0.0201. The molecule has 1 aliphatic rings. The lowest BCUT2D eigenvalue weighted by Crippen LogP contribution is -2.60. The van der Waals surface area contributed by atoms with Gasteiger partial charge in [-0.15, -0.1) is 0 Å². The molecule has 0 fully saturated rings. The molecule has 0 aromatic carbocycles. The molecule has 2 N–H and O–H groups in total. The van der Waals surface area contributed by atoms with E-state index < -0.39 is 17.8 Å².